The summed E-state index contributed by atoms with van der Waals surface area (Å²) in [5.41, 5.74) is 3.14. The molecule has 0 spiro atoms. The largest absolute Gasteiger partial charge is 0.335 e. The van der Waals surface area contributed by atoms with Gasteiger partial charge in [0.2, 0.25) is 0 Å². The molecule has 0 unspecified atom stereocenters. The van der Waals surface area contributed by atoms with Crippen molar-refractivity contribution >= 4 is 29.8 Å². The first-order valence-electron chi connectivity index (χ1n) is 6.38. The van der Waals surface area contributed by atoms with Crippen molar-refractivity contribution in [3.8, 4) is 11.5 Å². The summed E-state index contributed by atoms with van der Waals surface area (Å²) in [6, 6.07) is 0. The third kappa shape index (κ3) is 2.05. The maximum Gasteiger partial charge on any atom is 0.159 e. The fourth-order valence-corrected chi connectivity index (χ4v) is 2.10. The first-order valence-corrected chi connectivity index (χ1v) is 6.38. The first kappa shape index (κ1) is 13.2. The number of halogens is 1. The van der Waals surface area contributed by atoms with Crippen LogP contribution in [0.25, 0.3) is 41.3 Å². The number of aromatic amines is 2. The highest BCUT2D eigenvalue weighted by Crippen LogP contribution is 2.26. The molecule has 0 aromatic carbocycles. The fourth-order valence-electron chi connectivity index (χ4n) is 2.10. The van der Waals surface area contributed by atoms with Crippen molar-refractivity contribution in [2.45, 2.75) is 13.8 Å². The Balaban J connectivity index is 2.29. The second-order valence-corrected chi connectivity index (χ2v) is 4.86. The monoisotopic (exact) mass is 283 g/mol. The molecule has 2 N–H and O–H groups in total. The average Bonchev–Trinajstić information content (AvgIpc) is 3.02. The average molecular weight is 283 g/mol. The van der Waals surface area contributed by atoms with Crippen molar-refractivity contribution < 1.29 is 4.39 Å². The second-order valence-electron chi connectivity index (χ2n) is 4.86. The van der Waals surface area contributed by atoms with Crippen LogP contribution in [0.3, 0.4) is 0 Å². The molecule has 21 heavy (non-hydrogen) atoms. The minimum Gasteiger partial charge on any atom is -0.335 e. The molecule has 0 aliphatic heterocycles. The normalized spacial score (nSPS) is 12.7. The van der Waals surface area contributed by atoms with Gasteiger partial charge in [-0.2, -0.15) is 5.10 Å². The number of fused-ring (bicyclic) bond motifs is 1. The van der Waals surface area contributed by atoms with Gasteiger partial charge in [-0.05, 0) is 19.4 Å². The summed E-state index contributed by atoms with van der Waals surface area (Å²) in [6.45, 7) is 10.8. The minimum atomic E-state index is -0.258. The Morgan fingerprint density at radius 2 is 2.00 bits per heavy atom. The van der Waals surface area contributed by atoms with E-state index in [-0.39, 0.29) is 5.83 Å². The number of hydrogen-bond donors (Lipinski definition) is 2. The van der Waals surface area contributed by atoms with E-state index >= 15 is 0 Å². The first-order chi connectivity index (χ1) is 9.99. The third-order valence-electron chi connectivity index (χ3n) is 3.49. The zero-order valence-corrected chi connectivity index (χ0v) is 11.8. The van der Waals surface area contributed by atoms with Crippen LogP contribution in [0, 0.1) is 0 Å². The molecule has 0 atom stereocenters. The smallest absolute Gasteiger partial charge is 0.159 e. The van der Waals surface area contributed by atoms with Crippen LogP contribution < -0.4 is 10.6 Å². The van der Waals surface area contributed by atoms with Crippen LogP contribution in [0.4, 0.5) is 4.39 Å². The van der Waals surface area contributed by atoms with Gasteiger partial charge in [-0.25, -0.2) is 9.37 Å². The standard InChI is InChI=1S/C15H14FN5/c1-7(9(3)16)11-5-17-6-12-14(11)19-15(18-12)13-8(2)10(4)20-21-13/h5-6,20H,2,4H2,1,3H3,(H,18,19). The second kappa shape index (κ2) is 4.66. The molecule has 3 rings (SSSR count). The molecule has 3 aromatic rings. The molecule has 0 aliphatic carbocycles. The summed E-state index contributed by atoms with van der Waals surface area (Å²) in [5.74, 6) is 0.297. The Hall–Kier alpha value is -2.76. The number of H-pyrrole nitrogens is 2. The highest BCUT2D eigenvalue weighted by molar-refractivity contribution is 5.89. The minimum absolute atomic E-state index is 0.258. The quantitative estimate of drug-likeness (QED) is 0.754. The lowest BCUT2D eigenvalue weighted by Gasteiger charge is -2.01. The van der Waals surface area contributed by atoms with Gasteiger partial charge < -0.3 is 4.98 Å². The van der Waals surface area contributed by atoms with Gasteiger partial charge in [0.15, 0.2) is 5.82 Å². The number of imidazole rings is 1. The summed E-state index contributed by atoms with van der Waals surface area (Å²) in [7, 11) is 0. The van der Waals surface area contributed by atoms with Crippen molar-refractivity contribution in [2.24, 2.45) is 0 Å². The molecule has 0 aliphatic rings. The van der Waals surface area contributed by atoms with E-state index < -0.39 is 0 Å². The number of rotatable bonds is 2. The van der Waals surface area contributed by atoms with E-state index in [2.05, 4.69) is 38.3 Å². The maximum absolute atomic E-state index is 13.5. The van der Waals surface area contributed by atoms with E-state index in [1.807, 2.05) is 0 Å². The third-order valence-corrected chi connectivity index (χ3v) is 3.49. The predicted molar refractivity (Wildman–Crippen MR) is 81.1 cm³/mol. The summed E-state index contributed by atoms with van der Waals surface area (Å²) in [4.78, 5) is 11.8. The van der Waals surface area contributed by atoms with Gasteiger partial charge in [0.1, 0.15) is 11.5 Å². The Kier molecular flexibility index (Phi) is 2.94. The van der Waals surface area contributed by atoms with Gasteiger partial charge >= 0.3 is 0 Å². The Bertz CT molecular complexity index is 960. The van der Waals surface area contributed by atoms with Crippen molar-refractivity contribution in [1.82, 2.24) is 25.1 Å². The zero-order valence-electron chi connectivity index (χ0n) is 11.8. The van der Waals surface area contributed by atoms with Crippen molar-refractivity contribution in [3.05, 3.63) is 34.4 Å². The summed E-state index contributed by atoms with van der Waals surface area (Å²) in [6.07, 6.45) is 3.25. The van der Waals surface area contributed by atoms with Crippen molar-refractivity contribution in [1.29, 1.82) is 0 Å². The summed E-state index contributed by atoms with van der Waals surface area (Å²) in [5, 5.41) is 8.22. The van der Waals surface area contributed by atoms with E-state index in [9.17, 15) is 4.39 Å². The van der Waals surface area contributed by atoms with Gasteiger partial charge in [0, 0.05) is 17.0 Å². The van der Waals surface area contributed by atoms with E-state index in [1.165, 1.54) is 6.92 Å². The summed E-state index contributed by atoms with van der Waals surface area (Å²) >= 11 is 0. The van der Waals surface area contributed by atoms with Crippen LogP contribution in [0.1, 0.15) is 19.4 Å². The van der Waals surface area contributed by atoms with Gasteiger partial charge in [-0.15, -0.1) is 0 Å². The molecule has 3 aromatic heterocycles. The van der Waals surface area contributed by atoms with Crippen molar-refractivity contribution in [2.75, 3.05) is 0 Å². The van der Waals surface area contributed by atoms with Gasteiger partial charge in [0.25, 0.3) is 0 Å². The van der Waals surface area contributed by atoms with E-state index in [1.54, 1.807) is 19.3 Å². The number of aromatic nitrogens is 5. The van der Waals surface area contributed by atoms with Crippen LogP contribution in [0.15, 0.2) is 18.2 Å². The number of nitrogens with zero attached hydrogens (tertiary/aromatic N) is 3. The molecule has 106 valence electrons. The molecule has 0 saturated heterocycles. The van der Waals surface area contributed by atoms with E-state index in [4.69, 9.17) is 0 Å². The van der Waals surface area contributed by atoms with Gasteiger partial charge in [-0.3, -0.25) is 10.1 Å². The van der Waals surface area contributed by atoms with Crippen LogP contribution in [-0.2, 0) is 0 Å². The molecule has 5 nitrogen and oxygen atoms in total. The van der Waals surface area contributed by atoms with Gasteiger partial charge in [0.05, 0.1) is 22.6 Å². The van der Waals surface area contributed by atoms with Crippen LogP contribution in [0.5, 0.6) is 0 Å². The Morgan fingerprint density at radius 3 is 2.62 bits per heavy atom. The lowest BCUT2D eigenvalue weighted by Crippen LogP contribution is -2.19. The maximum atomic E-state index is 13.5. The molecular weight excluding hydrogens is 269 g/mol. The van der Waals surface area contributed by atoms with E-state index in [0.29, 0.717) is 38.7 Å². The number of hydrogen-bond acceptors (Lipinski definition) is 3. The molecule has 0 bridgehead atoms. The lowest BCUT2D eigenvalue weighted by atomic mass is 10.1. The lowest BCUT2D eigenvalue weighted by molar-refractivity contribution is 0.643. The molecule has 3 heterocycles. The van der Waals surface area contributed by atoms with E-state index in [0.717, 1.165) is 5.52 Å². The SMILES string of the molecule is C=c1[nH]nc(-c2nc3c(C(C)=C(C)F)cncc3[nH]2)c1=C. The number of nitrogens with one attached hydrogen (secondary N) is 2. The zero-order chi connectivity index (χ0) is 15.1. The van der Waals surface area contributed by atoms with Crippen LogP contribution in [0.2, 0.25) is 0 Å². The van der Waals surface area contributed by atoms with Gasteiger partial charge in [-0.1, -0.05) is 13.2 Å². The Labute approximate surface area is 120 Å². The molecular formula is C15H14FN5. The van der Waals surface area contributed by atoms with Crippen LogP contribution in [-0.4, -0.2) is 25.1 Å². The molecule has 6 heteroatoms. The topological polar surface area (TPSA) is 70.2 Å². The molecule has 0 fully saturated rings. The summed E-state index contributed by atoms with van der Waals surface area (Å²) < 4.78 is 13.5. The highest BCUT2D eigenvalue weighted by Gasteiger charge is 2.14. The fraction of sp³-hybridized carbons (Fsp3) is 0.133. The molecule has 0 amide bonds. The molecule has 0 saturated carbocycles. The van der Waals surface area contributed by atoms with Crippen LogP contribution >= 0.6 is 0 Å². The highest BCUT2D eigenvalue weighted by atomic mass is 19.1. The predicted octanol–water partition coefficient (Wildman–Crippen LogP) is 1.89. The Morgan fingerprint density at radius 1 is 1.24 bits per heavy atom. The number of pyridine rings is 1. The van der Waals surface area contributed by atoms with Crippen molar-refractivity contribution in [3.63, 3.8) is 0 Å². The number of allylic oxidation sites excluding steroid dienone is 2. The molecule has 0 radical (unpaired) electrons.